The molecule has 0 atom stereocenters. The molecule has 1 aliphatic rings. The molecule has 0 fully saturated rings. The summed E-state index contributed by atoms with van der Waals surface area (Å²) in [5.41, 5.74) is 2.59. The maximum Gasteiger partial charge on any atom is 0.194 e. The highest BCUT2D eigenvalue weighted by Gasteiger charge is 2.19. The molecule has 1 aliphatic carbocycles. The number of hydrogen-bond donors (Lipinski definition) is 0. The fourth-order valence-corrected chi connectivity index (χ4v) is 1.88. The van der Waals surface area contributed by atoms with Gasteiger partial charge in [-0.05, 0) is 31.4 Å². The number of rotatable bonds is 5. The van der Waals surface area contributed by atoms with Gasteiger partial charge in [-0.15, -0.1) is 0 Å². The molecule has 4 nitrogen and oxygen atoms in total. The molecule has 0 aliphatic heterocycles. The third kappa shape index (κ3) is 3.45. The lowest BCUT2D eigenvalue weighted by Crippen LogP contribution is -1.97. The van der Waals surface area contributed by atoms with Crippen molar-refractivity contribution >= 4 is 11.6 Å². The van der Waals surface area contributed by atoms with Crippen molar-refractivity contribution in [3.63, 3.8) is 0 Å². The Labute approximate surface area is 111 Å². The van der Waals surface area contributed by atoms with Crippen molar-refractivity contribution in [2.75, 3.05) is 13.2 Å². The molecular weight excluding hydrogens is 252 g/mol. The van der Waals surface area contributed by atoms with Crippen molar-refractivity contribution in [2.24, 2.45) is 0 Å². The molecule has 0 radical (unpaired) electrons. The van der Waals surface area contributed by atoms with Gasteiger partial charge < -0.3 is 0 Å². The molecule has 0 spiro atoms. The quantitative estimate of drug-likeness (QED) is 0.330. The first-order chi connectivity index (χ1) is 8.63. The minimum absolute atomic E-state index is 0.0753. The van der Waals surface area contributed by atoms with E-state index in [0.717, 1.165) is 11.1 Å². The van der Waals surface area contributed by atoms with Crippen LogP contribution in [0.15, 0.2) is 33.5 Å². The van der Waals surface area contributed by atoms with Gasteiger partial charge in [0.25, 0.3) is 0 Å². The number of nitrogens with zero attached hydrogens (tertiary/aromatic N) is 2. The zero-order valence-corrected chi connectivity index (χ0v) is 11.0. The van der Waals surface area contributed by atoms with Crippen LogP contribution in [0.5, 0.6) is 0 Å². The van der Waals surface area contributed by atoms with Crippen LogP contribution < -0.4 is 0 Å². The smallest absolute Gasteiger partial charge is 0.194 e. The first-order valence-electron chi connectivity index (χ1n) is 5.45. The van der Waals surface area contributed by atoms with Gasteiger partial charge in [-0.1, -0.05) is 17.7 Å². The third-order valence-corrected chi connectivity index (χ3v) is 2.82. The van der Waals surface area contributed by atoms with E-state index < -0.39 is 0 Å². The summed E-state index contributed by atoms with van der Waals surface area (Å²) in [5, 5.41) is 9.36. The van der Waals surface area contributed by atoms with Crippen LogP contribution >= 0.6 is 11.6 Å². The molecular formula is C13H13ClN2O2. The van der Waals surface area contributed by atoms with Crippen LogP contribution in [0.1, 0.15) is 20.3 Å². The van der Waals surface area contributed by atoms with Gasteiger partial charge in [0.1, 0.15) is 12.7 Å². The molecule has 0 amide bonds. The molecule has 0 saturated heterocycles. The summed E-state index contributed by atoms with van der Waals surface area (Å²) in [5.74, 6) is 0. The minimum Gasteiger partial charge on any atom is -0.243 e. The predicted octanol–water partition coefficient (Wildman–Crippen LogP) is 3.49. The third-order valence-electron chi connectivity index (χ3n) is 2.39. The van der Waals surface area contributed by atoms with Crippen LogP contribution in [0.2, 0.25) is 0 Å². The Kier molecular flexibility index (Phi) is 5.61. The van der Waals surface area contributed by atoms with Gasteiger partial charge in [0.15, 0.2) is 5.70 Å². The van der Waals surface area contributed by atoms with E-state index in [0.29, 0.717) is 29.3 Å². The maximum atomic E-state index is 8.94. The molecule has 1 rings (SSSR count). The van der Waals surface area contributed by atoms with Crippen LogP contribution in [0, 0.1) is 17.9 Å². The van der Waals surface area contributed by atoms with E-state index >= 15 is 0 Å². The Morgan fingerprint density at radius 2 is 2.33 bits per heavy atom. The van der Waals surface area contributed by atoms with E-state index in [9.17, 15) is 0 Å². The standard InChI is InChI=1S/C13H13ClN2O2/c1-4-17-18-8-11(16-3)6-10-5-9(2)12(7-15)13(10)14/h6H,4-5,8H2,1-2H3/b11-6-. The van der Waals surface area contributed by atoms with Crippen molar-refractivity contribution in [3.05, 3.63) is 44.9 Å². The zero-order valence-electron chi connectivity index (χ0n) is 10.3. The van der Waals surface area contributed by atoms with Crippen LogP contribution in [-0.4, -0.2) is 13.2 Å². The summed E-state index contributed by atoms with van der Waals surface area (Å²) < 4.78 is 0. The lowest BCUT2D eigenvalue weighted by molar-refractivity contribution is -0.284. The van der Waals surface area contributed by atoms with Crippen molar-refractivity contribution < 1.29 is 9.78 Å². The van der Waals surface area contributed by atoms with E-state index in [1.165, 1.54) is 0 Å². The molecule has 5 heteroatoms. The highest BCUT2D eigenvalue weighted by atomic mass is 35.5. The lowest BCUT2D eigenvalue weighted by atomic mass is 10.1. The Morgan fingerprint density at radius 3 is 2.83 bits per heavy atom. The number of halogens is 1. The summed E-state index contributed by atoms with van der Waals surface area (Å²) in [6.45, 7) is 11.2. The molecule has 94 valence electrons. The van der Waals surface area contributed by atoms with Gasteiger partial charge in [0.05, 0.1) is 23.8 Å². The molecule has 0 aromatic rings. The zero-order chi connectivity index (χ0) is 13.5. The molecule has 0 saturated carbocycles. The van der Waals surface area contributed by atoms with Crippen molar-refractivity contribution in [2.45, 2.75) is 20.3 Å². The molecule has 0 unspecified atom stereocenters. The molecule has 18 heavy (non-hydrogen) atoms. The first kappa shape index (κ1) is 14.5. The normalized spacial score (nSPS) is 15.9. The van der Waals surface area contributed by atoms with E-state index in [2.05, 4.69) is 10.9 Å². The summed E-state index contributed by atoms with van der Waals surface area (Å²) in [7, 11) is 0. The summed E-state index contributed by atoms with van der Waals surface area (Å²) in [4.78, 5) is 12.9. The van der Waals surface area contributed by atoms with E-state index in [4.69, 9.17) is 33.2 Å². The highest BCUT2D eigenvalue weighted by molar-refractivity contribution is 6.33. The summed E-state index contributed by atoms with van der Waals surface area (Å²) in [6, 6.07) is 2.06. The average Bonchev–Trinajstić information content (AvgIpc) is 2.63. The van der Waals surface area contributed by atoms with E-state index in [-0.39, 0.29) is 6.61 Å². The Hall–Kier alpha value is -1.59. The SMILES string of the molecule is [C-]#[N+]/C(=C\C1=C(Cl)C(C#N)=C(C)C1)COOCC. The fourth-order valence-electron chi connectivity index (χ4n) is 1.55. The number of hydrogen-bond acceptors (Lipinski definition) is 3. The van der Waals surface area contributed by atoms with Gasteiger partial charge in [-0.3, -0.25) is 0 Å². The van der Waals surface area contributed by atoms with E-state index in [1.807, 2.05) is 6.92 Å². The second-order valence-corrected chi connectivity index (χ2v) is 4.08. The minimum atomic E-state index is 0.0753. The Balaban J connectivity index is 2.82. The lowest BCUT2D eigenvalue weighted by Gasteiger charge is -2.01. The number of nitriles is 1. The monoisotopic (exact) mass is 264 g/mol. The van der Waals surface area contributed by atoms with E-state index in [1.54, 1.807) is 13.0 Å². The van der Waals surface area contributed by atoms with Crippen LogP contribution in [0.3, 0.4) is 0 Å². The maximum absolute atomic E-state index is 8.94. The average molecular weight is 265 g/mol. The van der Waals surface area contributed by atoms with Crippen LogP contribution in [-0.2, 0) is 9.78 Å². The number of allylic oxidation sites excluding steroid dienone is 5. The Bertz CT molecular complexity index is 504. The largest absolute Gasteiger partial charge is 0.243 e. The molecule has 0 N–H and O–H groups in total. The molecule has 0 bridgehead atoms. The predicted molar refractivity (Wildman–Crippen MR) is 68.1 cm³/mol. The van der Waals surface area contributed by atoms with Gasteiger partial charge in [0, 0.05) is 0 Å². The van der Waals surface area contributed by atoms with Gasteiger partial charge in [-0.25, -0.2) is 14.6 Å². The second kappa shape index (κ2) is 6.98. The second-order valence-electron chi connectivity index (χ2n) is 3.70. The first-order valence-corrected chi connectivity index (χ1v) is 5.83. The Morgan fingerprint density at radius 1 is 1.61 bits per heavy atom. The van der Waals surface area contributed by atoms with Gasteiger partial charge in [-0.2, -0.15) is 5.26 Å². The van der Waals surface area contributed by atoms with Gasteiger partial charge >= 0.3 is 0 Å². The highest BCUT2D eigenvalue weighted by Crippen LogP contribution is 2.35. The van der Waals surface area contributed by atoms with Crippen molar-refractivity contribution in [3.8, 4) is 6.07 Å². The van der Waals surface area contributed by atoms with Crippen LogP contribution in [0.4, 0.5) is 0 Å². The fraction of sp³-hybridized carbons (Fsp3) is 0.385. The van der Waals surface area contributed by atoms with Crippen LogP contribution in [0.25, 0.3) is 4.85 Å². The molecule has 0 aromatic carbocycles. The molecule has 0 heterocycles. The topological polar surface area (TPSA) is 46.6 Å². The van der Waals surface area contributed by atoms with Crippen molar-refractivity contribution in [1.82, 2.24) is 0 Å². The van der Waals surface area contributed by atoms with Crippen molar-refractivity contribution in [1.29, 1.82) is 5.26 Å². The summed E-state index contributed by atoms with van der Waals surface area (Å²) >= 11 is 6.08. The van der Waals surface area contributed by atoms with Gasteiger partial charge in [0.2, 0.25) is 0 Å². The molecule has 0 aromatic heterocycles. The summed E-state index contributed by atoms with van der Waals surface area (Å²) in [6.07, 6.45) is 2.25.